The largest absolute Gasteiger partial charge is 0.467 e. The van der Waals surface area contributed by atoms with Gasteiger partial charge in [0.1, 0.15) is 11.6 Å². The molecular weight excluding hydrogens is 381 g/mol. The molecule has 150 valence electrons. The summed E-state index contributed by atoms with van der Waals surface area (Å²) in [6.45, 7) is 0.713. The van der Waals surface area contributed by atoms with Crippen molar-refractivity contribution in [3.63, 3.8) is 0 Å². The first kappa shape index (κ1) is 18.2. The minimum atomic E-state index is -0.371. The first-order valence-corrected chi connectivity index (χ1v) is 9.78. The van der Waals surface area contributed by atoms with Crippen molar-refractivity contribution in [2.24, 2.45) is 0 Å². The third-order valence-electron chi connectivity index (χ3n) is 5.40. The topological polar surface area (TPSA) is 50.4 Å². The van der Waals surface area contributed by atoms with Gasteiger partial charge in [-0.3, -0.25) is 0 Å². The summed E-state index contributed by atoms with van der Waals surface area (Å²) >= 11 is 0. The smallest absolute Gasteiger partial charge is 0.318 e. The van der Waals surface area contributed by atoms with E-state index in [4.69, 9.17) is 4.42 Å². The predicted molar refractivity (Wildman–Crippen MR) is 110 cm³/mol. The van der Waals surface area contributed by atoms with Crippen LogP contribution < -0.4 is 5.32 Å². The third-order valence-corrected chi connectivity index (χ3v) is 5.40. The second kappa shape index (κ2) is 7.55. The van der Waals surface area contributed by atoms with E-state index >= 15 is 0 Å². The monoisotopic (exact) mass is 401 g/mol. The summed E-state index contributed by atoms with van der Waals surface area (Å²) < 4.78 is 21.1. The molecule has 2 aromatic heterocycles. The van der Waals surface area contributed by atoms with Crippen LogP contribution in [-0.4, -0.2) is 15.5 Å². The number of nitrogens with one attached hydrogen (secondary N) is 1. The van der Waals surface area contributed by atoms with Gasteiger partial charge in [-0.05, 0) is 53.6 Å². The Morgan fingerprint density at radius 3 is 2.67 bits per heavy atom. The predicted octanol–water partition coefficient (Wildman–Crippen LogP) is 5.02. The number of hydrogen-bond donors (Lipinski definition) is 1. The van der Waals surface area contributed by atoms with Crippen molar-refractivity contribution < 1.29 is 13.6 Å². The van der Waals surface area contributed by atoms with Gasteiger partial charge >= 0.3 is 6.03 Å². The number of nitrogens with zero attached hydrogens (tertiary/aromatic N) is 2. The highest BCUT2D eigenvalue weighted by Crippen LogP contribution is 2.36. The van der Waals surface area contributed by atoms with Crippen LogP contribution in [0.4, 0.5) is 9.18 Å². The zero-order chi connectivity index (χ0) is 20.5. The van der Waals surface area contributed by atoms with Crippen molar-refractivity contribution in [3.8, 4) is 5.69 Å². The van der Waals surface area contributed by atoms with E-state index in [1.165, 1.54) is 12.1 Å². The Labute approximate surface area is 173 Å². The molecule has 5 nitrogen and oxygen atoms in total. The number of hydrogen-bond acceptors (Lipinski definition) is 2. The Morgan fingerprint density at radius 1 is 1.03 bits per heavy atom. The maximum absolute atomic E-state index is 13.6. The Bertz CT molecular complexity index is 1170. The molecule has 1 N–H and O–H groups in total. The highest BCUT2D eigenvalue weighted by molar-refractivity contribution is 5.76. The standard InChI is InChI=1S/C24H20FN3O2/c25-19-11-9-17(10-12-19)23-22-8-3-13-27(22)21-7-2-1-5-18(21)16-28(23)24(29)26-15-20-6-4-14-30-20/h1-14,23H,15-16H2,(H,26,29). The van der Waals surface area contributed by atoms with Crippen molar-refractivity contribution in [3.05, 3.63) is 114 Å². The molecule has 4 aromatic rings. The van der Waals surface area contributed by atoms with Gasteiger partial charge in [-0.15, -0.1) is 0 Å². The molecule has 30 heavy (non-hydrogen) atoms. The average Bonchev–Trinajstić information content (AvgIpc) is 3.43. The number of furan rings is 1. The fourth-order valence-electron chi connectivity index (χ4n) is 4.01. The lowest BCUT2D eigenvalue weighted by molar-refractivity contribution is 0.179. The van der Waals surface area contributed by atoms with Crippen molar-refractivity contribution >= 4 is 6.03 Å². The van der Waals surface area contributed by atoms with Gasteiger partial charge in [-0.25, -0.2) is 9.18 Å². The van der Waals surface area contributed by atoms with Gasteiger partial charge in [-0.2, -0.15) is 0 Å². The number of carbonyl (C=O) groups is 1. The highest BCUT2D eigenvalue weighted by atomic mass is 19.1. The van der Waals surface area contributed by atoms with Gasteiger partial charge in [0.15, 0.2) is 0 Å². The summed E-state index contributed by atoms with van der Waals surface area (Å²) in [6.07, 6.45) is 3.58. The van der Waals surface area contributed by atoms with Crippen LogP contribution in [0.25, 0.3) is 5.69 Å². The van der Waals surface area contributed by atoms with Gasteiger partial charge in [0.25, 0.3) is 0 Å². The molecule has 0 spiro atoms. The average molecular weight is 401 g/mol. The Hall–Kier alpha value is -3.80. The van der Waals surface area contributed by atoms with Crippen molar-refractivity contribution in [2.45, 2.75) is 19.1 Å². The Morgan fingerprint density at radius 2 is 1.87 bits per heavy atom. The highest BCUT2D eigenvalue weighted by Gasteiger charge is 2.32. The van der Waals surface area contributed by atoms with Crippen LogP contribution in [-0.2, 0) is 13.1 Å². The number of benzene rings is 2. The number of halogens is 1. The van der Waals surface area contributed by atoms with Crippen molar-refractivity contribution in [1.29, 1.82) is 0 Å². The molecule has 0 saturated carbocycles. The quantitative estimate of drug-likeness (QED) is 0.524. The second-order valence-electron chi connectivity index (χ2n) is 7.25. The van der Waals surface area contributed by atoms with Crippen LogP contribution in [0.15, 0.2) is 89.7 Å². The zero-order valence-electron chi connectivity index (χ0n) is 16.2. The molecule has 0 bridgehead atoms. The van der Waals surface area contributed by atoms with E-state index in [1.807, 2.05) is 48.7 Å². The number of fused-ring (bicyclic) bond motifs is 3. The molecule has 1 aliphatic heterocycles. The first-order chi connectivity index (χ1) is 14.7. The van der Waals surface area contributed by atoms with Crippen LogP contribution in [0.1, 0.15) is 28.6 Å². The van der Waals surface area contributed by atoms with Crippen molar-refractivity contribution in [1.82, 2.24) is 14.8 Å². The maximum Gasteiger partial charge on any atom is 0.318 e. The summed E-state index contributed by atoms with van der Waals surface area (Å²) in [5.74, 6) is 0.375. The van der Waals surface area contributed by atoms with E-state index < -0.39 is 0 Å². The molecule has 0 fully saturated rings. The summed E-state index contributed by atoms with van der Waals surface area (Å²) in [7, 11) is 0. The van der Waals surface area contributed by atoms with Crippen LogP contribution in [0.5, 0.6) is 0 Å². The van der Waals surface area contributed by atoms with Gasteiger partial charge in [0.2, 0.25) is 0 Å². The lowest BCUT2D eigenvalue weighted by Gasteiger charge is -2.31. The van der Waals surface area contributed by atoms with Crippen LogP contribution in [0, 0.1) is 5.82 Å². The van der Waals surface area contributed by atoms with Gasteiger partial charge < -0.3 is 19.2 Å². The zero-order valence-corrected chi connectivity index (χ0v) is 16.2. The van der Waals surface area contributed by atoms with Gasteiger partial charge in [0.05, 0.1) is 31.1 Å². The van der Waals surface area contributed by atoms with E-state index in [-0.39, 0.29) is 17.9 Å². The minimum absolute atomic E-state index is 0.217. The van der Waals surface area contributed by atoms with E-state index in [9.17, 15) is 9.18 Å². The molecule has 1 unspecified atom stereocenters. The third kappa shape index (κ3) is 3.26. The summed E-state index contributed by atoms with van der Waals surface area (Å²) in [4.78, 5) is 15.1. The molecular formula is C24H20FN3O2. The van der Waals surface area contributed by atoms with Crippen LogP contribution >= 0.6 is 0 Å². The fraction of sp³-hybridized carbons (Fsp3) is 0.125. The summed E-state index contributed by atoms with van der Waals surface area (Å²) in [5, 5.41) is 2.96. The Kier molecular flexibility index (Phi) is 4.59. The number of amides is 2. The van der Waals surface area contributed by atoms with Crippen LogP contribution in [0.3, 0.4) is 0 Å². The van der Waals surface area contributed by atoms with Crippen molar-refractivity contribution in [2.75, 3.05) is 0 Å². The summed E-state index contributed by atoms with van der Waals surface area (Å²) in [6, 6.07) is 21.4. The number of rotatable bonds is 3. The molecule has 5 rings (SSSR count). The van der Waals surface area contributed by atoms with Crippen LogP contribution in [0.2, 0.25) is 0 Å². The number of carbonyl (C=O) groups excluding carboxylic acids is 1. The second-order valence-corrected chi connectivity index (χ2v) is 7.25. The number of aromatic nitrogens is 1. The molecule has 2 aromatic carbocycles. The van der Waals surface area contributed by atoms with Gasteiger partial charge in [0, 0.05) is 11.9 Å². The molecule has 2 amide bonds. The molecule has 0 saturated heterocycles. The summed E-state index contributed by atoms with van der Waals surface area (Å²) in [5.41, 5.74) is 3.86. The SMILES string of the molecule is O=C(NCc1ccco1)N1Cc2ccccc2-n2cccc2C1c1ccc(F)cc1. The molecule has 0 radical (unpaired) electrons. The van der Waals surface area contributed by atoms with E-state index in [0.29, 0.717) is 18.8 Å². The molecule has 1 aliphatic rings. The molecule has 3 heterocycles. The van der Waals surface area contributed by atoms with E-state index in [1.54, 1.807) is 29.4 Å². The normalized spacial score (nSPS) is 15.2. The van der Waals surface area contributed by atoms with E-state index in [2.05, 4.69) is 9.88 Å². The van der Waals surface area contributed by atoms with E-state index in [0.717, 1.165) is 22.5 Å². The Balaban J connectivity index is 1.58. The molecule has 6 heteroatoms. The number of para-hydroxylation sites is 1. The lowest BCUT2D eigenvalue weighted by atomic mass is 10.0. The number of urea groups is 1. The lowest BCUT2D eigenvalue weighted by Crippen LogP contribution is -2.41. The van der Waals surface area contributed by atoms with Gasteiger partial charge in [-0.1, -0.05) is 30.3 Å². The molecule has 1 atom stereocenters. The fourth-order valence-corrected chi connectivity index (χ4v) is 4.01. The first-order valence-electron chi connectivity index (χ1n) is 9.78. The maximum atomic E-state index is 13.6. The minimum Gasteiger partial charge on any atom is -0.467 e. The molecule has 0 aliphatic carbocycles.